The van der Waals surface area contributed by atoms with E-state index in [1.54, 1.807) is 0 Å². The molecule has 0 aromatic rings. The summed E-state index contributed by atoms with van der Waals surface area (Å²) < 4.78 is 0. The van der Waals surface area contributed by atoms with Crippen LogP contribution in [0.2, 0.25) is 0 Å². The number of allylic oxidation sites excluding steroid dienone is 8. The normalized spacial score (nSPS) is 16.1. The third-order valence-corrected chi connectivity index (χ3v) is 15.3. The fourth-order valence-electron chi connectivity index (χ4n) is 10.4. The molecule has 0 aromatic carbocycles. The van der Waals surface area contributed by atoms with Crippen LogP contribution in [0.15, 0.2) is 48.6 Å². The van der Waals surface area contributed by atoms with Gasteiger partial charge < -0.3 is 19.6 Å². The Morgan fingerprint density at radius 1 is 0.200 bits per heavy atom. The Morgan fingerprint density at radius 2 is 0.371 bits per heavy atom. The zero-order valence-electron chi connectivity index (χ0n) is 48.6. The Kier molecular flexibility index (Phi) is 54.5. The van der Waals surface area contributed by atoms with Gasteiger partial charge in [0, 0.05) is 26.2 Å². The van der Waals surface area contributed by atoms with Crippen LogP contribution in [0.3, 0.4) is 0 Å². The Bertz CT molecular complexity index is 941. The van der Waals surface area contributed by atoms with Crippen molar-refractivity contribution in [3.63, 3.8) is 0 Å². The summed E-state index contributed by atoms with van der Waals surface area (Å²) in [7, 11) is 0. The van der Waals surface area contributed by atoms with Crippen LogP contribution in [0.25, 0.3) is 0 Å². The van der Waals surface area contributed by atoms with Crippen molar-refractivity contribution in [1.29, 1.82) is 0 Å². The van der Waals surface area contributed by atoms with Gasteiger partial charge >= 0.3 is 0 Å². The predicted molar refractivity (Wildman–Crippen MR) is 319 cm³/mol. The molecule has 0 atom stereocenters. The summed E-state index contributed by atoms with van der Waals surface area (Å²) in [6.07, 6.45) is 76.8. The fourth-order valence-corrected chi connectivity index (χ4v) is 10.4. The third-order valence-electron chi connectivity index (χ3n) is 15.3. The van der Waals surface area contributed by atoms with E-state index in [1.807, 2.05) is 0 Å². The van der Waals surface area contributed by atoms with Crippen LogP contribution in [-0.2, 0) is 0 Å². The number of nitrogens with zero attached hydrogens (tertiary/aromatic N) is 4. The maximum Gasteiger partial charge on any atom is 0.0109 e. The van der Waals surface area contributed by atoms with Crippen LogP contribution in [0.5, 0.6) is 0 Å². The van der Waals surface area contributed by atoms with Crippen LogP contribution in [0.4, 0.5) is 0 Å². The Labute approximate surface area is 442 Å². The lowest BCUT2D eigenvalue weighted by molar-refractivity contribution is 0.154. The molecule has 4 heteroatoms. The first-order chi connectivity index (χ1) is 34.7. The van der Waals surface area contributed by atoms with Gasteiger partial charge in [-0.1, -0.05) is 205 Å². The molecule has 0 amide bonds. The quantitative estimate of drug-likeness (QED) is 0.0445. The van der Waals surface area contributed by atoms with Gasteiger partial charge in [-0.05, 0) is 194 Å². The Morgan fingerprint density at radius 3 is 0.557 bits per heavy atom. The highest BCUT2D eigenvalue weighted by Gasteiger charge is 2.15. The highest BCUT2D eigenvalue weighted by Crippen LogP contribution is 2.14. The van der Waals surface area contributed by atoms with E-state index >= 15 is 0 Å². The number of hydrogen-bond donors (Lipinski definition) is 0. The van der Waals surface area contributed by atoms with E-state index in [9.17, 15) is 0 Å². The van der Waals surface area contributed by atoms with E-state index < -0.39 is 0 Å². The molecule has 0 saturated carbocycles. The molecule has 1 saturated heterocycles. The average Bonchev–Trinajstić information content (AvgIpc) is 3.37. The van der Waals surface area contributed by atoms with Gasteiger partial charge in [0.2, 0.25) is 0 Å². The molecule has 0 unspecified atom stereocenters. The topological polar surface area (TPSA) is 13.0 Å². The van der Waals surface area contributed by atoms with Crippen molar-refractivity contribution in [1.82, 2.24) is 19.6 Å². The minimum Gasteiger partial charge on any atom is -0.302 e. The van der Waals surface area contributed by atoms with E-state index in [2.05, 4.69) is 95.9 Å². The summed E-state index contributed by atoms with van der Waals surface area (Å²) in [5.41, 5.74) is 0. The number of hydrogen-bond acceptors (Lipinski definition) is 4. The molecule has 0 N–H and O–H groups in total. The summed E-state index contributed by atoms with van der Waals surface area (Å²) in [6.45, 7) is 24.6. The van der Waals surface area contributed by atoms with Crippen LogP contribution in [0.1, 0.15) is 297 Å². The molecule has 412 valence electrons. The molecule has 4 nitrogen and oxygen atoms in total. The molecular formula is C66H128N4. The fraction of sp³-hybridized carbons (Fsp3) is 0.879. The van der Waals surface area contributed by atoms with E-state index in [0.717, 1.165) is 0 Å². The third kappa shape index (κ3) is 49.0. The van der Waals surface area contributed by atoms with E-state index in [0.29, 0.717) is 0 Å². The minimum absolute atomic E-state index is 1.26. The van der Waals surface area contributed by atoms with Crippen molar-refractivity contribution in [2.75, 3.05) is 78.5 Å². The predicted octanol–water partition coefficient (Wildman–Crippen LogP) is 19.9. The molecule has 0 aromatic heterocycles. The highest BCUT2D eigenvalue weighted by atomic mass is 15.2. The average molecular weight is 978 g/mol. The van der Waals surface area contributed by atoms with Crippen molar-refractivity contribution in [2.24, 2.45) is 0 Å². The molecule has 1 aliphatic rings. The van der Waals surface area contributed by atoms with Crippen LogP contribution in [-0.4, -0.2) is 98.1 Å². The summed E-state index contributed by atoms with van der Waals surface area (Å²) in [6, 6.07) is 0. The number of rotatable bonds is 48. The van der Waals surface area contributed by atoms with E-state index in [-0.39, 0.29) is 0 Å². The van der Waals surface area contributed by atoms with E-state index in [4.69, 9.17) is 0 Å². The second-order valence-corrected chi connectivity index (χ2v) is 22.2. The van der Waals surface area contributed by atoms with Gasteiger partial charge in [-0.15, -0.1) is 0 Å². The SMILES string of the molecule is CCCCCC/C=C\CCCCCCN1CCCN(CCCCCC/C=C\CCCCCC)CCN(CCCCCC/C=C\CCCCCC)CCCN(CCCCCC/C=C\CCCCCC)CC1. The lowest BCUT2D eigenvalue weighted by Crippen LogP contribution is -2.42. The van der Waals surface area contributed by atoms with Gasteiger partial charge in [0.25, 0.3) is 0 Å². The Balaban J connectivity index is 2.83. The largest absolute Gasteiger partial charge is 0.302 e. The maximum absolute atomic E-state index is 2.90. The lowest BCUT2D eigenvalue weighted by atomic mass is 10.1. The van der Waals surface area contributed by atoms with Crippen molar-refractivity contribution in [2.45, 2.75) is 297 Å². The lowest BCUT2D eigenvalue weighted by Gasteiger charge is -2.32. The van der Waals surface area contributed by atoms with Crippen LogP contribution in [0, 0.1) is 0 Å². The first kappa shape index (κ1) is 66.8. The standard InChI is InChI=1S/C66H128N4/c1-5-9-13-17-21-25-29-33-37-41-45-49-55-67-59-53-60-69(57-51-47-43-39-35-31-27-23-19-15-11-7-3)65-66-70(58-52-48-44-40-36-32-28-24-20-16-12-8-4)62-54-61-68(64-63-67)56-50-46-42-38-34-30-26-22-18-14-10-6-2/h25-32H,5-24,33-66H2,1-4H3/b29-25-,30-26-,31-27-,32-28-. The van der Waals surface area contributed by atoms with Crippen molar-refractivity contribution in [3.8, 4) is 0 Å². The molecule has 1 fully saturated rings. The summed E-state index contributed by atoms with van der Waals surface area (Å²) in [4.78, 5) is 11.6. The summed E-state index contributed by atoms with van der Waals surface area (Å²) in [5, 5.41) is 0. The molecule has 1 heterocycles. The van der Waals surface area contributed by atoms with Crippen molar-refractivity contribution in [3.05, 3.63) is 48.6 Å². The van der Waals surface area contributed by atoms with Crippen molar-refractivity contribution >= 4 is 0 Å². The second-order valence-electron chi connectivity index (χ2n) is 22.2. The van der Waals surface area contributed by atoms with E-state index in [1.165, 1.54) is 348 Å². The number of unbranched alkanes of at least 4 members (excludes halogenated alkanes) is 32. The molecule has 0 bridgehead atoms. The molecule has 1 aliphatic heterocycles. The zero-order valence-corrected chi connectivity index (χ0v) is 48.6. The smallest absolute Gasteiger partial charge is 0.0109 e. The van der Waals surface area contributed by atoms with Crippen LogP contribution >= 0.6 is 0 Å². The van der Waals surface area contributed by atoms with Gasteiger partial charge in [-0.25, -0.2) is 0 Å². The van der Waals surface area contributed by atoms with Crippen molar-refractivity contribution < 1.29 is 0 Å². The molecule has 0 radical (unpaired) electrons. The first-order valence-electron chi connectivity index (χ1n) is 32.2. The van der Waals surface area contributed by atoms with Crippen LogP contribution < -0.4 is 0 Å². The Hall–Kier alpha value is -1.20. The monoisotopic (exact) mass is 977 g/mol. The van der Waals surface area contributed by atoms with Gasteiger partial charge in [0.15, 0.2) is 0 Å². The molecule has 1 rings (SSSR count). The van der Waals surface area contributed by atoms with Gasteiger partial charge in [0.05, 0.1) is 0 Å². The molecule has 0 aliphatic carbocycles. The molecule has 0 spiro atoms. The van der Waals surface area contributed by atoms with Gasteiger partial charge in [-0.3, -0.25) is 0 Å². The van der Waals surface area contributed by atoms with Gasteiger partial charge in [0.1, 0.15) is 0 Å². The first-order valence-corrected chi connectivity index (χ1v) is 32.2. The maximum atomic E-state index is 2.90. The zero-order chi connectivity index (χ0) is 50.2. The molecular weight excluding hydrogens is 849 g/mol. The molecule has 70 heavy (non-hydrogen) atoms. The minimum atomic E-state index is 1.26. The summed E-state index contributed by atoms with van der Waals surface area (Å²) >= 11 is 0. The summed E-state index contributed by atoms with van der Waals surface area (Å²) in [5.74, 6) is 0. The van der Waals surface area contributed by atoms with Gasteiger partial charge in [-0.2, -0.15) is 0 Å². The highest BCUT2D eigenvalue weighted by molar-refractivity contribution is 4.84. The second kappa shape index (κ2) is 57.1.